The molecule has 2 atom stereocenters. The number of carbonyl (C=O) groups excluding carboxylic acids is 1. The van der Waals surface area contributed by atoms with Crippen molar-refractivity contribution in [3.05, 3.63) is 0 Å². The Kier molecular flexibility index (Phi) is 6.65. The minimum Gasteiger partial charge on any atom is -0.369 e. The molecule has 0 aromatic rings. The molecule has 0 saturated heterocycles. The highest BCUT2D eigenvalue weighted by Crippen LogP contribution is 2.21. The van der Waals surface area contributed by atoms with E-state index in [1.165, 1.54) is 19.3 Å². The van der Waals surface area contributed by atoms with Crippen LogP contribution in [0.1, 0.15) is 52.9 Å². The maximum absolute atomic E-state index is 11.0. The fourth-order valence-electron chi connectivity index (χ4n) is 1.80. The van der Waals surface area contributed by atoms with Crippen LogP contribution in [0.5, 0.6) is 0 Å². The van der Waals surface area contributed by atoms with E-state index < -0.39 is 0 Å². The quantitative estimate of drug-likeness (QED) is 0.609. The zero-order valence-electron chi connectivity index (χ0n) is 9.18. The number of rotatable bonds is 7. The van der Waals surface area contributed by atoms with E-state index in [1.54, 1.807) is 0 Å². The van der Waals surface area contributed by atoms with E-state index in [-0.39, 0.29) is 11.8 Å². The Labute approximate surface area is 81.9 Å². The summed E-state index contributed by atoms with van der Waals surface area (Å²) in [5.74, 6) is 0.400. The summed E-state index contributed by atoms with van der Waals surface area (Å²) in [6, 6.07) is 0. The van der Waals surface area contributed by atoms with Gasteiger partial charge >= 0.3 is 0 Å². The molecule has 0 aromatic heterocycles. The molecule has 0 spiro atoms. The van der Waals surface area contributed by atoms with Gasteiger partial charge in [0.2, 0.25) is 5.91 Å². The van der Waals surface area contributed by atoms with Crippen LogP contribution in [0, 0.1) is 11.8 Å². The maximum Gasteiger partial charge on any atom is 0.220 e. The monoisotopic (exact) mass is 185 g/mol. The topological polar surface area (TPSA) is 43.1 Å². The molecule has 0 heterocycles. The minimum atomic E-state index is -0.133. The lowest BCUT2D eigenvalue weighted by atomic mass is 9.87. The average Bonchev–Trinajstić information content (AvgIpc) is 2.05. The molecule has 0 radical (unpaired) electrons. The Balaban J connectivity index is 3.77. The molecule has 1 amide bonds. The van der Waals surface area contributed by atoms with Crippen molar-refractivity contribution >= 4 is 5.91 Å². The van der Waals surface area contributed by atoms with Crippen LogP contribution in [0.4, 0.5) is 0 Å². The third kappa shape index (κ3) is 4.91. The molecule has 78 valence electrons. The van der Waals surface area contributed by atoms with Crippen LogP contribution in [0.25, 0.3) is 0 Å². The smallest absolute Gasteiger partial charge is 0.220 e. The second kappa shape index (κ2) is 6.93. The molecule has 0 aliphatic carbocycles. The molecule has 0 fully saturated rings. The number of primary amides is 1. The van der Waals surface area contributed by atoms with Crippen molar-refractivity contribution < 1.29 is 4.79 Å². The molecule has 2 unspecified atom stereocenters. The predicted molar refractivity (Wildman–Crippen MR) is 56.3 cm³/mol. The summed E-state index contributed by atoms with van der Waals surface area (Å²) in [5.41, 5.74) is 5.31. The van der Waals surface area contributed by atoms with Crippen molar-refractivity contribution in [2.24, 2.45) is 17.6 Å². The van der Waals surface area contributed by atoms with Gasteiger partial charge < -0.3 is 5.73 Å². The SMILES string of the molecule is CCCCCC(C)C(CC)C(N)=O. The lowest BCUT2D eigenvalue weighted by Crippen LogP contribution is -2.28. The first kappa shape index (κ1) is 12.5. The van der Waals surface area contributed by atoms with Gasteiger partial charge in [0.25, 0.3) is 0 Å². The van der Waals surface area contributed by atoms with Gasteiger partial charge in [-0.15, -0.1) is 0 Å². The molecule has 2 N–H and O–H groups in total. The zero-order valence-corrected chi connectivity index (χ0v) is 9.18. The second-order valence-corrected chi connectivity index (χ2v) is 3.89. The number of carbonyl (C=O) groups is 1. The summed E-state index contributed by atoms with van der Waals surface area (Å²) < 4.78 is 0. The van der Waals surface area contributed by atoms with Gasteiger partial charge in [0, 0.05) is 5.92 Å². The highest BCUT2D eigenvalue weighted by molar-refractivity contribution is 5.76. The molecule has 0 rings (SSSR count). The number of hydrogen-bond donors (Lipinski definition) is 1. The van der Waals surface area contributed by atoms with Crippen LogP contribution < -0.4 is 5.73 Å². The lowest BCUT2D eigenvalue weighted by molar-refractivity contribution is -0.123. The third-order valence-electron chi connectivity index (χ3n) is 2.76. The van der Waals surface area contributed by atoms with E-state index in [0.29, 0.717) is 5.92 Å². The summed E-state index contributed by atoms with van der Waals surface area (Å²) in [4.78, 5) is 11.0. The van der Waals surface area contributed by atoms with E-state index in [2.05, 4.69) is 13.8 Å². The lowest BCUT2D eigenvalue weighted by Gasteiger charge is -2.19. The zero-order chi connectivity index (χ0) is 10.3. The Hall–Kier alpha value is -0.530. The van der Waals surface area contributed by atoms with Crippen LogP contribution in [-0.2, 0) is 4.79 Å². The van der Waals surface area contributed by atoms with Gasteiger partial charge in [-0.25, -0.2) is 0 Å². The minimum absolute atomic E-state index is 0.0804. The highest BCUT2D eigenvalue weighted by Gasteiger charge is 2.19. The number of nitrogens with two attached hydrogens (primary N) is 1. The molecular formula is C11H23NO. The molecule has 0 aliphatic heterocycles. The molecule has 0 bridgehead atoms. The van der Waals surface area contributed by atoms with Crippen molar-refractivity contribution in [1.82, 2.24) is 0 Å². The number of hydrogen-bond acceptors (Lipinski definition) is 1. The van der Waals surface area contributed by atoms with E-state index >= 15 is 0 Å². The van der Waals surface area contributed by atoms with Gasteiger partial charge in [0.1, 0.15) is 0 Å². The van der Waals surface area contributed by atoms with E-state index in [1.807, 2.05) is 6.92 Å². The molecule has 13 heavy (non-hydrogen) atoms. The summed E-state index contributed by atoms with van der Waals surface area (Å²) in [5, 5.41) is 0. The highest BCUT2D eigenvalue weighted by atomic mass is 16.1. The van der Waals surface area contributed by atoms with Gasteiger partial charge in [0.05, 0.1) is 0 Å². The van der Waals surface area contributed by atoms with Crippen molar-refractivity contribution in [2.45, 2.75) is 52.9 Å². The molecule has 0 aromatic carbocycles. The van der Waals surface area contributed by atoms with Crippen molar-refractivity contribution in [2.75, 3.05) is 0 Å². The van der Waals surface area contributed by atoms with Crippen LogP contribution in [-0.4, -0.2) is 5.91 Å². The summed E-state index contributed by atoms with van der Waals surface area (Å²) in [6.45, 7) is 6.36. The molecule has 0 aliphatic rings. The molecular weight excluding hydrogens is 162 g/mol. The molecule has 2 heteroatoms. The second-order valence-electron chi connectivity index (χ2n) is 3.89. The number of unbranched alkanes of at least 4 members (excludes halogenated alkanes) is 2. The van der Waals surface area contributed by atoms with Gasteiger partial charge in [-0.05, 0) is 18.8 Å². The maximum atomic E-state index is 11.0. The first-order chi connectivity index (χ1) is 6.13. The number of amides is 1. The standard InChI is InChI=1S/C11H23NO/c1-4-6-7-8-9(3)10(5-2)11(12)13/h9-10H,4-8H2,1-3H3,(H2,12,13). The fourth-order valence-corrected chi connectivity index (χ4v) is 1.80. The summed E-state index contributed by atoms with van der Waals surface area (Å²) in [7, 11) is 0. The first-order valence-corrected chi connectivity index (χ1v) is 5.42. The van der Waals surface area contributed by atoms with Crippen molar-refractivity contribution in [3.63, 3.8) is 0 Å². The Bertz CT molecular complexity index is 145. The average molecular weight is 185 g/mol. The van der Waals surface area contributed by atoms with E-state index in [9.17, 15) is 4.79 Å². The van der Waals surface area contributed by atoms with Crippen LogP contribution >= 0.6 is 0 Å². The Morgan fingerprint density at radius 1 is 1.31 bits per heavy atom. The predicted octanol–water partition coefficient (Wildman–Crippen LogP) is 2.71. The Morgan fingerprint density at radius 2 is 1.92 bits per heavy atom. The fraction of sp³-hybridized carbons (Fsp3) is 0.909. The van der Waals surface area contributed by atoms with Crippen molar-refractivity contribution in [1.29, 1.82) is 0 Å². The summed E-state index contributed by atoms with van der Waals surface area (Å²) >= 11 is 0. The van der Waals surface area contributed by atoms with Gasteiger partial charge in [-0.2, -0.15) is 0 Å². The van der Waals surface area contributed by atoms with Crippen LogP contribution in [0.15, 0.2) is 0 Å². The van der Waals surface area contributed by atoms with Crippen molar-refractivity contribution in [3.8, 4) is 0 Å². The molecule has 0 saturated carbocycles. The Morgan fingerprint density at radius 3 is 2.31 bits per heavy atom. The van der Waals surface area contributed by atoms with E-state index in [0.717, 1.165) is 12.8 Å². The van der Waals surface area contributed by atoms with Gasteiger partial charge in [-0.3, -0.25) is 4.79 Å². The van der Waals surface area contributed by atoms with E-state index in [4.69, 9.17) is 5.73 Å². The van der Waals surface area contributed by atoms with Gasteiger partial charge in [-0.1, -0.05) is 40.0 Å². The van der Waals surface area contributed by atoms with Crippen LogP contribution in [0.3, 0.4) is 0 Å². The van der Waals surface area contributed by atoms with Crippen LogP contribution in [0.2, 0.25) is 0 Å². The normalized spacial score (nSPS) is 15.3. The summed E-state index contributed by atoms with van der Waals surface area (Å²) in [6.07, 6.45) is 5.74. The third-order valence-corrected chi connectivity index (χ3v) is 2.76. The largest absolute Gasteiger partial charge is 0.369 e. The first-order valence-electron chi connectivity index (χ1n) is 5.42. The molecule has 2 nitrogen and oxygen atoms in total. The van der Waals surface area contributed by atoms with Gasteiger partial charge in [0.15, 0.2) is 0 Å².